The van der Waals surface area contributed by atoms with E-state index in [1.165, 1.54) is 0 Å². The Morgan fingerprint density at radius 2 is 1.73 bits per heavy atom. The molecule has 2 atom stereocenters. The van der Waals surface area contributed by atoms with Crippen molar-refractivity contribution < 1.29 is 36.6 Å². The smallest absolute Gasteiger partial charge is 0.394 e. The minimum Gasteiger partial charge on any atom is -0.394 e. The van der Waals surface area contributed by atoms with Crippen LogP contribution in [0, 0.1) is 0 Å². The lowest BCUT2D eigenvalue weighted by atomic mass is 9.94. The van der Waals surface area contributed by atoms with E-state index in [-0.39, 0.29) is 19.4 Å². The van der Waals surface area contributed by atoms with E-state index in [0.717, 1.165) is 15.8 Å². The molecule has 1 aliphatic heterocycles. The molecule has 7 nitrogen and oxygen atoms in total. The maximum Gasteiger partial charge on any atom is 0.451 e. The van der Waals surface area contributed by atoms with Crippen LogP contribution in [0.15, 0.2) is 18.2 Å². The highest BCUT2D eigenvalue weighted by Gasteiger charge is 2.43. The van der Waals surface area contributed by atoms with Gasteiger partial charge in [0.15, 0.2) is 0 Å². The standard InChI is InChI=1S/C19H16ClF6N5O2/c20-8-1-2-12-11(5-8)10-3-4-31(13(14(10)27-12)6-9(33)7-32)17-29-15(18(21,22)23)28-16(30-17)19(24,25)26/h1-2,5,9,13,27,32-33H,3-4,6-7H2. The molecule has 0 spiro atoms. The van der Waals surface area contributed by atoms with Gasteiger partial charge in [0.1, 0.15) is 0 Å². The first kappa shape index (κ1) is 23.5. The highest BCUT2D eigenvalue weighted by molar-refractivity contribution is 6.31. The number of alkyl halides is 6. The zero-order valence-electron chi connectivity index (χ0n) is 16.5. The molecule has 0 saturated carbocycles. The number of rotatable bonds is 4. The largest absolute Gasteiger partial charge is 0.451 e. The molecule has 178 valence electrons. The SMILES string of the molecule is OCC(O)CC1c2[nH]c3ccc(Cl)cc3c2CCN1c1nc(C(F)(F)F)nc(C(F)(F)F)n1. The van der Waals surface area contributed by atoms with Crippen LogP contribution in [0.25, 0.3) is 10.9 Å². The first-order chi connectivity index (χ1) is 15.4. The molecule has 3 N–H and O–H groups in total. The molecule has 1 aliphatic rings. The Hall–Kier alpha value is -2.64. The molecule has 2 unspecified atom stereocenters. The predicted octanol–water partition coefficient (Wildman–Crippen LogP) is 3.89. The van der Waals surface area contributed by atoms with E-state index in [4.69, 9.17) is 11.6 Å². The quantitative estimate of drug-likeness (QED) is 0.475. The molecule has 0 saturated heterocycles. The van der Waals surface area contributed by atoms with Crippen molar-refractivity contribution in [3.63, 3.8) is 0 Å². The fourth-order valence-electron chi connectivity index (χ4n) is 3.90. The number of H-pyrrole nitrogens is 1. The lowest BCUT2D eigenvalue weighted by Gasteiger charge is -2.37. The molecule has 33 heavy (non-hydrogen) atoms. The number of aliphatic hydroxyl groups excluding tert-OH is 2. The van der Waals surface area contributed by atoms with Gasteiger partial charge >= 0.3 is 12.4 Å². The number of nitrogens with zero attached hydrogens (tertiary/aromatic N) is 4. The fourth-order valence-corrected chi connectivity index (χ4v) is 4.07. The van der Waals surface area contributed by atoms with E-state index in [1.807, 2.05) is 0 Å². The Morgan fingerprint density at radius 1 is 1.09 bits per heavy atom. The lowest BCUT2D eigenvalue weighted by molar-refractivity contribution is -0.155. The maximum absolute atomic E-state index is 13.3. The van der Waals surface area contributed by atoms with Crippen molar-refractivity contribution in [2.45, 2.75) is 37.3 Å². The summed E-state index contributed by atoms with van der Waals surface area (Å²) in [7, 11) is 0. The van der Waals surface area contributed by atoms with Crippen LogP contribution in [0.3, 0.4) is 0 Å². The number of aliphatic hydroxyl groups is 2. The molecule has 3 aromatic rings. The number of halogens is 7. The summed E-state index contributed by atoms with van der Waals surface area (Å²) in [6.07, 6.45) is -11.8. The molecule has 0 bridgehead atoms. The first-order valence-corrected chi connectivity index (χ1v) is 10.0. The van der Waals surface area contributed by atoms with Gasteiger partial charge in [-0.1, -0.05) is 11.6 Å². The Morgan fingerprint density at radius 3 is 2.30 bits per heavy atom. The van der Waals surface area contributed by atoms with Crippen LogP contribution >= 0.6 is 11.6 Å². The third kappa shape index (κ3) is 4.57. The molecule has 2 aromatic heterocycles. The summed E-state index contributed by atoms with van der Waals surface area (Å²) in [5.41, 5.74) is 1.85. The van der Waals surface area contributed by atoms with Crippen molar-refractivity contribution in [3.05, 3.63) is 46.1 Å². The topological polar surface area (TPSA) is 98.2 Å². The van der Waals surface area contributed by atoms with Gasteiger partial charge in [-0.05, 0) is 30.2 Å². The fraction of sp³-hybridized carbons (Fsp3) is 0.421. The minimum atomic E-state index is -5.24. The molecular formula is C19H16ClF6N5O2. The first-order valence-electron chi connectivity index (χ1n) is 9.64. The second-order valence-corrected chi connectivity index (χ2v) is 7.95. The van der Waals surface area contributed by atoms with Crippen molar-refractivity contribution in [2.24, 2.45) is 0 Å². The van der Waals surface area contributed by atoms with Crippen LogP contribution in [0.4, 0.5) is 32.3 Å². The van der Waals surface area contributed by atoms with Crippen LogP contribution in [-0.2, 0) is 18.8 Å². The highest BCUT2D eigenvalue weighted by atomic mass is 35.5. The van der Waals surface area contributed by atoms with Crippen LogP contribution in [0.2, 0.25) is 5.02 Å². The Labute approximate surface area is 187 Å². The van der Waals surface area contributed by atoms with Crippen LogP contribution < -0.4 is 4.90 Å². The van der Waals surface area contributed by atoms with Crippen LogP contribution in [0.5, 0.6) is 0 Å². The van der Waals surface area contributed by atoms with E-state index in [2.05, 4.69) is 19.9 Å². The van der Waals surface area contributed by atoms with Gasteiger partial charge in [0, 0.05) is 34.6 Å². The van der Waals surface area contributed by atoms with E-state index < -0.39 is 48.7 Å². The van der Waals surface area contributed by atoms with Crippen molar-refractivity contribution in [3.8, 4) is 0 Å². The van der Waals surface area contributed by atoms with Crippen LogP contribution in [-0.4, -0.2) is 49.4 Å². The van der Waals surface area contributed by atoms with Gasteiger partial charge in [-0.15, -0.1) is 0 Å². The number of nitrogens with one attached hydrogen (secondary N) is 1. The average molecular weight is 496 g/mol. The van der Waals surface area contributed by atoms with Crippen molar-refractivity contribution in [1.82, 2.24) is 19.9 Å². The number of aromatic nitrogens is 4. The van der Waals surface area contributed by atoms with Gasteiger partial charge in [0.2, 0.25) is 17.6 Å². The summed E-state index contributed by atoms with van der Waals surface area (Å²) in [4.78, 5) is 13.3. The van der Waals surface area contributed by atoms with E-state index in [1.54, 1.807) is 18.2 Å². The number of benzene rings is 1. The van der Waals surface area contributed by atoms with Gasteiger partial charge in [-0.3, -0.25) is 0 Å². The minimum absolute atomic E-state index is 0.0477. The number of aromatic amines is 1. The summed E-state index contributed by atoms with van der Waals surface area (Å²) >= 11 is 6.07. The number of hydrogen-bond donors (Lipinski definition) is 3. The Kier molecular flexibility index (Phi) is 5.91. The zero-order chi connectivity index (χ0) is 24.1. The van der Waals surface area contributed by atoms with Crippen molar-refractivity contribution >= 4 is 28.5 Å². The van der Waals surface area contributed by atoms with Crippen LogP contribution in [0.1, 0.15) is 35.4 Å². The second-order valence-electron chi connectivity index (χ2n) is 7.52. The monoisotopic (exact) mass is 495 g/mol. The summed E-state index contributed by atoms with van der Waals surface area (Å²) in [5, 5.41) is 20.6. The Bertz CT molecular complexity index is 1150. The second kappa shape index (κ2) is 8.29. The highest BCUT2D eigenvalue weighted by Crippen LogP contribution is 2.40. The number of anilines is 1. The summed E-state index contributed by atoms with van der Waals surface area (Å²) in [5.74, 6) is -4.78. The lowest BCUT2D eigenvalue weighted by Crippen LogP contribution is -2.40. The molecule has 14 heteroatoms. The molecular weight excluding hydrogens is 480 g/mol. The summed E-state index contributed by atoms with van der Waals surface area (Å²) in [6, 6.07) is 4.05. The van der Waals surface area contributed by atoms with Gasteiger partial charge in [-0.2, -0.15) is 36.3 Å². The predicted molar refractivity (Wildman–Crippen MR) is 105 cm³/mol. The number of fused-ring (bicyclic) bond motifs is 3. The van der Waals surface area contributed by atoms with Gasteiger partial charge in [0.05, 0.1) is 18.8 Å². The van der Waals surface area contributed by atoms with Crippen molar-refractivity contribution in [2.75, 3.05) is 18.1 Å². The Balaban J connectivity index is 1.87. The molecule has 0 radical (unpaired) electrons. The molecule has 0 fully saturated rings. The third-order valence-electron chi connectivity index (χ3n) is 5.31. The molecule has 0 aliphatic carbocycles. The maximum atomic E-state index is 13.3. The van der Waals surface area contributed by atoms with E-state index in [9.17, 15) is 36.6 Å². The molecule has 0 amide bonds. The van der Waals surface area contributed by atoms with Gasteiger partial charge in [-0.25, -0.2) is 4.98 Å². The number of hydrogen-bond acceptors (Lipinski definition) is 6. The van der Waals surface area contributed by atoms with Gasteiger partial charge in [0.25, 0.3) is 0 Å². The molecule has 1 aromatic carbocycles. The van der Waals surface area contributed by atoms with E-state index >= 15 is 0 Å². The third-order valence-corrected chi connectivity index (χ3v) is 5.54. The van der Waals surface area contributed by atoms with Crippen molar-refractivity contribution in [1.29, 1.82) is 0 Å². The normalized spacial score (nSPS) is 18.0. The summed E-state index contributed by atoms with van der Waals surface area (Å²) in [6.45, 7) is -0.710. The molecule has 3 heterocycles. The summed E-state index contributed by atoms with van der Waals surface area (Å²) < 4.78 is 79.5. The van der Waals surface area contributed by atoms with E-state index in [0.29, 0.717) is 16.2 Å². The molecule has 4 rings (SSSR count). The average Bonchev–Trinajstić information content (AvgIpc) is 3.10. The van der Waals surface area contributed by atoms with Gasteiger partial charge < -0.3 is 20.1 Å². The zero-order valence-corrected chi connectivity index (χ0v) is 17.3.